The van der Waals surface area contributed by atoms with Gasteiger partial charge in [-0.25, -0.2) is 4.79 Å². The minimum Gasteiger partial charge on any atom is -0.335 e. The van der Waals surface area contributed by atoms with Gasteiger partial charge in [0.1, 0.15) is 0 Å². The van der Waals surface area contributed by atoms with Crippen LogP contribution in [0.1, 0.15) is 58.8 Å². The van der Waals surface area contributed by atoms with Gasteiger partial charge in [0, 0.05) is 19.1 Å². The summed E-state index contributed by atoms with van der Waals surface area (Å²) in [5.41, 5.74) is 0.474. The van der Waals surface area contributed by atoms with E-state index in [2.05, 4.69) is 19.2 Å². The topological polar surface area (TPSA) is 32.3 Å². The summed E-state index contributed by atoms with van der Waals surface area (Å²) < 4.78 is 0. The van der Waals surface area contributed by atoms with Crippen molar-refractivity contribution in [3.05, 3.63) is 0 Å². The number of rotatable bonds is 2. The normalized spacial score (nSPS) is 25.1. The highest BCUT2D eigenvalue weighted by atomic mass is 16.2. The summed E-state index contributed by atoms with van der Waals surface area (Å²) in [6.07, 6.45) is 8.38. The third kappa shape index (κ3) is 3.14. The zero-order valence-electron chi connectivity index (χ0n) is 11.5. The average Bonchev–Trinajstić information content (AvgIpc) is 2.22. The molecule has 2 fully saturated rings. The number of urea groups is 1. The first kappa shape index (κ1) is 12.7. The molecule has 0 spiro atoms. The van der Waals surface area contributed by atoms with Crippen LogP contribution in [0.3, 0.4) is 0 Å². The van der Waals surface area contributed by atoms with Crippen LogP contribution >= 0.6 is 0 Å². The number of nitrogens with zero attached hydrogens (tertiary/aromatic N) is 1. The Kier molecular flexibility index (Phi) is 3.64. The lowest BCUT2D eigenvalue weighted by atomic mass is 9.75. The van der Waals surface area contributed by atoms with E-state index in [9.17, 15) is 4.79 Å². The highest BCUT2D eigenvalue weighted by Gasteiger charge is 2.31. The van der Waals surface area contributed by atoms with Crippen molar-refractivity contribution < 1.29 is 4.79 Å². The lowest BCUT2D eigenvalue weighted by Gasteiger charge is -2.39. The molecule has 0 unspecified atom stereocenters. The molecular weight excluding hydrogens is 212 g/mol. The van der Waals surface area contributed by atoms with Gasteiger partial charge < -0.3 is 10.2 Å². The van der Waals surface area contributed by atoms with Crippen LogP contribution < -0.4 is 5.32 Å². The maximum absolute atomic E-state index is 12.0. The van der Waals surface area contributed by atoms with E-state index in [1.807, 2.05) is 11.9 Å². The largest absolute Gasteiger partial charge is 0.335 e. The highest BCUT2D eigenvalue weighted by molar-refractivity contribution is 5.74. The van der Waals surface area contributed by atoms with Gasteiger partial charge in [0.25, 0.3) is 0 Å². The first-order valence-corrected chi connectivity index (χ1v) is 7.01. The molecular formula is C14H26N2O. The van der Waals surface area contributed by atoms with Crippen LogP contribution in [-0.4, -0.2) is 30.1 Å². The minimum absolute atomic E-state index is 0.138. The van der Waals surface area contributed by atoms with Crippen LogP contribution in [0.5, 0.6) is 0 Å². The Morgan fingerprint density at radius 1 is 1.18 bits per heavy atom. The molecule has 0 aromatic carbocycles. The molecule has 0 bridgehead atoms. The van der Waals surface area contributed by atoms with E-state index in [-0.39, 0.29) is 6.03 Å². The third-order valence-electron chi connectivity index (χ3n) is 4.61. The smallest absolute Gasteiger partial charge is 0.317 e. The first-order valence-electron chi connectivity index (χ1n) is 7.01. The molecule has 2 aliphatic carbocycles. The number of amides is 2. The van der Waals surface area contributed by atoms with E-state index < -0.39 is 0 Å². The monoisotopic (exact) mass is 238 g/mol. The lowest BCUT2D eigenvalue weighted by Crippen LogP contribution is -2.50. The Labute approximate surface area is 105 Å². The number of carbonyl (C=O) groups excluding carboxylic acids is 1. The number of nitrogens with one attached hydrogen (secondary N) is 1. The molecule has 0 radical (unpaired) electrons. The Hall–Kier alpha value is -0.730. The quantitative estimate of drug-likeness (QED) is 0.787. The van der Waals surface area contributed by atoms with Crippen LogP contribution in [0.4, 0.5) is 4.79 Å². The molecule has 0 heterocycles. The molecule has 0 atom stereocenters. The zero-order chi connectivity index (χ0) is 12.5. The second-order valence-electron chi connectivity index (χ2n) is 6.58. The summed E-state index contributed by atoms with van der Waals surface area (Å²) in [7, 11) is 1.96. The van der Waals surface area contributed by atoms with Crippen molar-refractivity contribution in [1.29, 1.82) is 0 Å². The number of hydrogen-bond donors (Lipinski definition) is 1. The van der Waals surface area contributed by atoms with Gasteiger partial charge in [-0.3, -0.25) is 0 Å². The van der Waals surface area contributed by atoms with Crippen LogP contribution in [0.25, 0.3) is 0 Å². The van der Waals surface area contributed by atoms with Crippen molar-refractivity contribution in [2.75, 3.05) is 7.05 Å². The summed E-state index contributed by atoms with van der Waals surface area (Å²) >= 11 is 0. The SMILES string of the molecule is CN(C(=O)NC1CCC1)C1CCC(C)(C)CC1. The van der Waals surface area contributed by atoms with Gasteiger partial charge in [0.05, 0.1) is 0 Å². The van der Waals surface area contributed by atoms with Crippen molar-refractivity contribution in [2.24, 2.45) is 5.41 Å². The van der Waals surface area contributed by atoms with Gasteiger partial charge in [0.15, 0.2) is 0 Å². The summed E-state index contributed by atoms with van der Waals surface area (Å²) in [5, 5.41) is 3.12. The molecule has 3 nitrogen and oxygen atoms in total. The van der Waals surface area contributed by atoms with Gasteiger partial charge in [0.2, 0.25) is 0 Å². The van der Waals surface area contributed by atoms with Gasteiger partial charge >= 0.3 is 6.03 Å². The molecule has 3 heteroatoms. The van der Waals surface area contributed by atoms with E-state index in [1.54, 1.807) is 0 Å². The maximum atomic E-state index is 12.0. The Balaban J connectivity index is 1.79. The van der Waals surface area contributed by atoms with Gasteiger partial charge in [-0.05, 0) is 50.4 Å². The third-order valence-corrected chi connectivity index (χ3v) is 4.61. The molecule has 0 saturated heterocycles. The molecule has 2 aliphatic rings. The molecule has 2 amide bonds. The lowest BCUT2D eigenvalue weighted by molar-refractivity contribution is 0.130. The highest BCUT2D eigenvalue weighted by Crippen LogP contribution is 2.36. The van der Waals surface area contributed by atoms with Crippen LogP contribution in [0.2, 0.25) is 0 Å². The first-order chi connectivity index (χ1) is 7.98. The molecule has 0 aromatic heterocycles. The zero-order valence-corrected chi connectivity index (χ0v) is 11.5. The average molecular weight is 238 g/mol. The maximum Gasteiger partial charge on any atom is 0.317 e. The summed E-state index contributed by atoms with van der Waals surface area (Å²) in [6.45, 7) is 4.66. The van der Waals surface area contributed by atoms with Crippen LogP contribution in [0.15, 0.2) is 0 Å². The van der Waals surface area contributed by atoms with E-state index >= 15 is 0 Å². The van der Waals surface area contributed by atoms with Crippen molar-refractivity contribution in [3.63, 3.8) is 0 Å². The molecule has 2 saturated carbocycles. The van der Waals surface area contributed by atoms with Crippen molar-refractivity contribution >= 4 is 6.03 Å². The standard InChI is InChI=1S/C14H26N2O/c1-14(2)9-7-12(8-10-14)16(3)13(17)15-11-5-4-6-11/h11-12H,4-10H2,1-3H3,(H,15,17). The predicted octanol–water partition coefficient (Wildman–Crippen LogP) is 3.15. The number of hydrogen-bond acceptors (Lipinski definition) is 1. The molecule has 0 aliphatic heterocycles. The van der Waals surface area contributed by atoms with Gasteiger partial charge in [-0.2, -0.15) is 0 Å². The molecule has 98 valence electrons. The molecule has 2 rings (SSSR count). The van der Waals surface area contributed by atoms with Gasteiger partial charge in [-0.15, -0.1) is 0 Å². The molecule has 17 heavy (non-hydrogen) atoms. The Morgan fingerprint density at radius 3 is 2.24 bits per heavy atom. The van der Waals surface area contributed by atoms with E-state index in [1.165, 1.54) is 19.3 Å². The number of carbonyl (C=O) groups is 1. The van der Waals surface area contributed by atoms with Crippen molar-refractivity contribution in [3.8, 4) is 0 Å². The summed E-state index contributed by atoms with van der Waals surface area (Å²) in [6, 6.07) is 1.03. The fourth-order valence-corrected chi connectivity index (χ4v) is 2.77. The van der Waals surface area contributed by atoms with Crippen LogP contribution in [0, 0.1) is 5.41 Å². The van der Waals surface area contributed by atoms with E-state index in [4.69, 9.17) is 0 Å². The molecule has 0 aromatic rings. The fraction of sp³-hybridized carbons (Fsp3) is 0.929. The minimum atomic E-state index is 0.138. The van der Waals surface area contributed by atoms with Crippen molar-refractivity contribution in [2.45, 2.75) is 70.9 Å². The fourth-order valence-electron chi connectivity index (χ4n) is 2.77. The summed E-state index contributed by atoms with van der Waals surface area (Å²) in [5.74, 6) is 0. The Bertz CT molecular complexity index is 274. The summed E-state index contributed by atoms with van der Waals surface area (Å²) in [4.78, 5) is 14.0. The van der Waals surface area contributed by atoms with E-state index in [0.29, 0.717) is 17.5 Å². The second kappa shape index (κ2) is 4.87. The van der Waals surface area contributed by atoms with Crippen molar-refractivity contribution in [1.82, 2.24) is 10.2 Å². The van der Waals surface area contributed by atoms with E-state index in [0.717, 1.165) is 25.7 Å². The van der Waals surface area contributed by atoms with Gasteiger partial charge in [-0.1, -0.05) is 13.8 Å². The molecule has 1 N–H and O–H groups in total. The predicted molar refractivity (Wildman–Crippen MR) is 70.0 cm³/mol. The van der Waals surface area contributed by atoms with Crippen LogP contribution in [-0.2, 0) is 0 Å². The second-order valence-corrected chi connectivity index (χ2v) is 6.58. The Morgan fingerprint density at radius 2 is 1.76 bits per heavy atom.